The molecule has 0 aliphatic carbocycles. The molecular formula is C21H33N5O3S. The number of rotatable bonds is 5. The van der Waals surface area contributed by atoms with Crippen molar-refractivity contribution in [3.8, 4) is 0 Å². The lowest BCUT2D eigenvalue weighted by molar-refractivity contribution is -0.117. The van der Waals surface area contributed by atoms with Gasteiger partial charge in [-0.2, -0.15) is 0 Å². The summed E-state index contributed by atoms with van der Waals surface area (Å²) in [6.45, 7) is 11.3. The molecule has 166 valence electrons. The zero-order valence-electron chi connectivity index (χ0n) is 18.1. The molecule has 0 radical (unpaired) electrons. The van der Waals surface area contributed by atoms with Crippen molar-refractivity contribution in [1.29, 1.82) is 0 Å². The van der Waals surface area contributed by atoms with Crippen LogP contribution < -0.4 is 10.0 Å². The summed E-state index contributed by atoms with van der Waals surface area (Å²) >= 11 is 0. The van der Waals surface area contributed by atoms with Crippen molar-refractivity contribution in [2.75, 3.05) is 44.6 Å². The highest BCUT2D eigenvalue weighted by molar-refractivity contribution is 7.90. The molecule has 0 saturated carbocycles. The maximum Gasteiger partial charge on any atom is 0.262 e. The second kappa shape index (κ2) is 9.45. The average molecular weight is 436 g/mol. The summed E-state index contributed by atoms with van der Waals surface area (Å²) in [4.78, 5) is 21.4. The molecule has 3 rings (SSSR count). The first-order valence-electron chi connectivity index (χ1n) is 10.6. The Labute approximate surface area is 179 Å². The molecule has 0 aromatic heterocycles. The number of carbonyl (C=O) groups is 1. The fourth-order valence-corrected chi connectivity index (χ4v) is 4.92. The van der Waals surface area contributed by atoms with Gasteiger partial charge < -0.3 is 5.32 Å². The molecule has 0 bridgehead atoms. The zero-order chi connectivity index (χ0) is 21.8. The monoisotopic (exact) mass is 435 g/mol. The fourth-order valence-electron chi connectivity index (χ4n) is 3.78. The summed E-state index contributed by atoms with van der Waals surface area (Å²) in [5.41, 5.74) is 0.602. The molecule has 1 amide bonds. The van der Waals surface area contributed by atoms with Gasteiger partial charge >= 0.3 is 0 Å². The van der Waals surface area contributed by atoms with Crippen LogP contribution in [-0.4, -0.2) is 74.8 Å². The Balaban J connectivity index is 1.57. The molecule has 1 fully saturated rings. The van der Waals surface area contributed by atoms with E-state index in [4.69, 9.17) is 0 Å². The van der Waals surface area contributed by atoms with E-state index in [-0.39, 0.29) is 16.3 Å². The summed E-state index contributed by atoms with van der Waals surface area (Å²) in [6.07, 6.45) is 2.52. The van der Waals surface area contributed by atoms with E-state index in [0.29, 0.717) is 31.0 Å². The van der Waals surface area contributed by atoms with Gasteiger partial charge in [-0.15, -0.1) is 0 Å². The topological polar surface area (TPSA) is 94.1 Å². The van der Waals surface area contributed by atoms with Gasteiger partial charge in [0.05, 0.1) is 11.4 Å². The van der Waals surface area contributed by atoms with Gasteiger partial charge in [-0.3, -0.25) is 24.3 Å². The van der Waals surface area contributed by atoms with Crippen LogP contribution in [0.2, 0.25) is 0 Å². The standard InChI is InChI=1S/C21H33N5O3S/c1-21(2,3)26-12-6-11-25(13-14-26)16-20(27)23-17-7-4-8-18(15-17)30(28,29)24-19-9-5-10-22-19/h4,7-8,15H,5-6,9-14,16H2,1-3H3,(H,22,24)(H,23,27). The van der Waals surface area contributed by atoms with Crippen molar-refractivity contribution in [3.05, 3.63) is 24.3 Å². The third-order valence-corrected chi connectivity index (χ3v) is 6.84. The number of hydrogen-bond acceptors (Lipinski definition) is 6. The number of hydrogen-bond donors (Lipinski definition) is 2. The molecule has 2 aliphatic rings. The molecule has 1 aromatic carbocycles. The lowest BCUT2D eigenvalue weighted by Crippen LogP contribution is -2.44. The Morgan fingerprint density at radius 2 is 1.93 bits per heavy atom. The predicted octanol–water partition coefficient (Wildman–Crippen LogP) is 1.90. The molecule has 8 nitrogen and oxygen atoms in total. The van der Waals surface area contributed by atoms with Crippen molar-refractivity contribution in [2.24, 2.45) is 4.99 Å². The summed E-state index contributed by atoms with van der Waals surface area (Å²) in [5, 5.41) is 2.84. The van der Waals surface area contributed by atoms with E-state index in [2.05, 4.69) is 45.6 Å². The van der Waals surface area contributed by atoms with E-state index >= 15 is 0 Å². The lowest BCUT2D eigenvalue weighted by Gasteiger charge is -2.34. The lowest BCUT2D eigenvalue weighted by atomic mass is 10.1. The van der Waals surface area contributed by atoms with E-state index in [1.165, 1.54) is 12.1 Å². The van der Waals surface area contributed by atoms with Crippen LogP contribution in [0.4, 0.5) is 5.69 Å². The second-order valence-corrected chi connectivity index (χ2v) is 10.6. The smallest absolute Gasteiger partial charge is 0.262 e. The zero-order valence-corrected chi connectivity index (χ0v) is 19.0. The van der Waals surface area contributed by atoms with Gasteiger partial charge in [0.25, 0.3) is 10.0 Å². The number of nitrogens with one attached hydrogen (secondary N) is 2. The molecule has 30 heavy (non-hydrogen) atoms. The first kappa shape index (κ1) is 22.7. The van der Waals surface area contributed by atoms with Crippen LogP contribution in [0.5, 0.6) is 0 Å². The molecule has 2 heterocycles. The van der Waals surface area contributed by atoms with Crippen LogP contribution in [-0.2, 0) is 14.8 Å². The average Bonchev–Trinajstić information content (AvgIpc) is 3.03. The third kappa shape index (κ3) is 6.26. The van der Waals surface area contributed by atoms with Crippen LogP contribution >= 0.6 is 0 Å². The van der Waals surface area contributed by atoms with Gasteiger partial charge in [-0.05, 0) is 64.9 Å². The number of benzene rings is 1. The van der Waals surface area contributed by atoms with Crippen LogP contribution in [0.3, 0.4) is 0 Å². The van der Waals surface area contributed by atoms with Gasteiger partial charge in [0.1, 0.15) is 5.84 Å². The molecule has 2 N–H and O–H groups in total. The van der Waals surface area contributed by atoms with Crippen molar-refractivity contribution in [1.82, 2.24) is 14.5 Å². The number of nitrogens with zero attached hydrogens (tertiary/aromatic N) is 3. The van der Waals surface area contributed by atoms with E-state index in [1.807, 2.05) is 0 Å². The highest BCUT2D eigenvalue weighted by Crippen LogP contribution is 2.18. The summed E-state index contributed by atoms with van der Waals surface area (Å²) in [6, 6.07) is 6.34. The third-order valence-electron chi connectivity index (χ3n) is 5.46. The molecule has 9 heteroatoms. The molecule has 0 spiro atoms. The number of anilines is 1. The van der Waals surface area contributed by atoms with Gasteiger partial charge in [-0.25, -0.2) is 8.42 Å². The van der Waals surface area contributed by atoms with E-state index < -0.39 is 10.0 Å². The van der Waals surface area contributed by atoms with E-state index in [9.17, 15) is 13.2 Å². The number of amidine groups is 1. The Kier molecular flexibility index (Phi) is 7.15. The minimum Gasteiger partial charge on any atom is -0.325 e. The maximum atomic E-state index is 12.6. The van der Waals surface area contributed by atoms with Gasteiger partial charge in [0.15, 0.2) is 0 Å². The molecule has 0 atom stereocenters. The van der Waals surface area contributed by atoms with E-state index in [0.717, 1.165) is 39.0 Å². The van der Waals surface area contributed by atoms with Gasteiger partial charge in [0.2, 0.25) is 5.91 Å². The number of aliphatic imine (C=N–C) groups is 1. The Morgan fingerprint density at radius 3 is 2.63 bits per heavy atom. The molecule has 1 aromatic rings. The minimum atomic E-state index is -3.70. The highest BCUT2D eigenvalue weighted by Gasteiger charge is 2.25. The minimum absolute atomic E-state index is 0.116. The largest absolute Gasteiger partial charge is 0.325 e. The normalized spacial score (nSPS) is 19.2. The molecule has 0 unspecified atom stereocenters. The molecule has 1 saturated heterocycles. The maximum absolute atomic E-state index is 12.6. The number of amides is 1. The van der Waals surface area contributed by atoms with Crippen LogP contribution in [0.15, 0.2) is 34.2 Å². The summed E-state index contributed by atoms with van der Waals surface area (Å²) in [5.74, 6) is 0.358. The van der Waals surface area contributed by atoms with Crippen molar-refractivity contribution < 1.29 is 13.2 Å². The van der Waals surface area contributed by atoms with E-state index in [1.54, 1.807) is 12.1 Å². The molecular weight excluding hydrogens is 402 g/mol. The number of sulfonamides is 1. The van der Waals surface area contributed by atoms with Crippen LogP contribution in [0, 0.1) is 0 Å². The quantitative estimate of drug-likeness (QED) is 0.737. The van der Waals surface area contributed by atoms with Crippen LogP contribution in [0.1, 0.15) is 40.0 Å². The Hall–Kier alpha value is -1.97. The first-order valence-corrected chi connectivity index (χ1v) is 12.1. The Morgan fingerprint density at radius 1 is 1.13 bits per heavy atom. The SMILES string of the molecule is CC(C)(C)N1CCCN(CC(=O)Nc2cccc(S(=O)(=O)NC3=NCCC3)c2)CC1. The molecule has 2 aliphatic heterocycles. The van der Waals surface area contributed by atoms with Gasteiger partial charge in [-0.1, -0.05) is 6.07 Å². The number of carbonyl (C=O) groups excluding carboxylic acids is 1. The predicted molar refractivity (Wildman–Crippen MR) is 119 cm³/mol. The fraction of sp³-hybridized carbons (Fsp3) is 0.619. The van der Waals surface area contributed by atoms with Crippen molar-refractivity contribution in [3.63, 3.8) is 0 Å². The summed E-state index contributed by atoms with van der Waals surface area (Å²) < 4.78 is 27.7. The summed E-state index contributed by atoms with van der Waals surface area (Å²) in [7, 11) is -3.70. The van der Waals surface area contributed by atoms with Crippen molar-refractivity contribution >= 4 is 27.5 Å². The highest BCUT2D eigenvalue weighted by atomic mass is 32.2. The second-order valence-electron chi connectivity index (χ2n) is 8.90. The van der Waals surface area contributed by atoms with Crippen molar-refractivity contribution in [2.45, 2.75) is 50.5 Å². The van der Waals surface area contributed by atoms with Crippen LogP contribution in [0.25, 0.3) is 0 Å². The first-order chi connectivity index (χ1) is 14.1. The Bertz CT molecular complexity index is 892. The van der Waals surface area contributed by atoms with Gasteiger partial charge in [0, 0.05) is 37.3 Å².